The van der Waals surface area contributed by atoms with Gasteiger partial charge in [0.25, 0.3) is 5.91 Å². The van der Waals surface area contributed by atoms with Crippen LogP contribution >= 0.6 is 0 Å². The van der Waals surface area contributed by atoms with Gasteiger partial charge in [-0.2, -0.15) is 22.7 Å². The zero-order valence-electron chi connectivity index (χ0n) is 13.7. The van der Waals surface area contributed by atoms with Gasteiger partial charge < -0.3 is 14.8 Å². The summed E-state index contributed by atoms with van der Waals surface area (Å²) in [5, 5.41) is 6.71. The van der Waals surface area contributed by atoms with Crippen molar-refractivity contribution in [3.63, 3.8) is 0 Å². The molecule has 1 atom stereocenters. The predicted octanol–water partition coefficient (Wildman–Crippen LogP) is 2.94. The Bertz CT molecular complexity index is 729. The third-order valence-electron chi connectivity index (χ3n) is 3.69. The molecule has 3 amide bonds. The Morgan fingerprint density at radius 3 is 2.42 bits per heavy atom. The number of nitrogens with zero attached hydrogens (tertiary/aromatic N) is 2. The fraction of sp³-hybridized carbons (Fsp3) is 0.400. The topological polar surface area (TPSA) is 80.2 Å². The number of benzene rings is 1. The number of rotatable bonds is 7. The normalized spacial score (nSPS) is 20.4. The van der Waals surface area contributed by atoms with Crippen LogP contribution in [0.3, 0.4) is 0 Å². The van der Waals surface area contributed by atoms with Gasteiger partial charge in [0.15, 0.2) is 0 Å². The molecule has 11 heteroatoms. The van der Waals surface area contributed by atoms with Crippen molar-refractivity contribution in [3.05, 3.63) is 23.8 Å². The largest absolute Gasteiger partial charge is 0.435 e. The predicted molar refractivity (Wildman–Crippen MR) is 81.4 cm³/mol. The number of hydrogen-bond donors (Lipinski definition) is 1. The molecule has 2 rings (SSSR count). The molecule has 0 aliphatic carbocycles. The van der Waals surface area contributed by atoms with Gasteiger partial charge in [0.05, 0.1) is 6.21 Å². The third-order valence-corrected chi connectivity index (χ3v) is 3.69. The lowest BCUT2D eigenvalue weighted by atomic mass is 10.00. The molecule has 7 nitrogen and oxygen atoms in total. The molecule has 1 heterocycles. The minimum atomic E-state index is -3.23. The van der Waals surface area contributed by atoms with E-state index in [0.29, 0.717) is 11.4 Å². The number of ether oxygens (including phenoxy) is 2. The molecule has 1 fully saturated rings. The monoisotopic (exact) mass is 377 g/mol. The highest BCUT2D eigenvalue weighted by atomic mass is 19.3. The summed E-state index contributed by atoms with van der Waals surface area (Å²) in [6.45, 7) is -3.16. The number of amides is 3. The summed E-state index contributed by atoms with van der Waals surface area (Å²) in [6.07, 6.45) is 1.26. The van der Waals surface area contributed by atoms with Gasteiger partial charge in [-0.1, -0.05) is 6.92 Å². The smallest absolute Gasteiger partial charge is 0.387 e. The van der Waals surface area contributed by atoms with Crippen LogP contribution in [0.1, 0.15) is 25.8 Å². The Kier molecular flexibility index (Phi) is 5.68. The maximum absolute atomic E-state index is 12.5. The summed E-state index contributed by atoms with van der Waals surface area (Å²) < 4.78 is 57.9. The van der Waals surface area contributed by atoms with Crippen LogP contribution in [0, 0.1) is 0 Å². The standard InChI is InChI=1S/C15H15F4N3O4/c1-3-15(2)11(23)22(14(24)21-15)20-7-8-4-5-9(25-12(16)17)6-10(8)26-13(18)19/h4-7,12-13H,3H2,1-2H3,(H,21,24)/b20-7-/t15-/m0/s1. The molecule has 1 N–H and O–H groups in total. The summed E-state index contributed by atoms with van der Waals surface area (Å²) in [5.74, 6) is -1.52. The lowest BCUT2D eigenvalue weighted by Crippen LogP contribution is -2.42. The highest BCUT2D eigenvalue weighted by Crippen LogP contribution is 2.27. The quantitative estimate of drug-likeness (QED) is 0.450. The first kappa shape index (κ1) is 19.5. The summed E-state index contributed by atoms with van der Waals surface area (Å²) in [5.41, 5.74) is -1.19. The van der Waals surface area contributed by atoms with Crippen molar-refractivity contribution in [3.8, 4) is 11.5 Å². The van der Waals surface area contributed by atoms with Crippen LogP contribution in [0.15, 0.2) is 23.3 Å². The molecular formula is C15H15F4N3O4. The molecule has 1 aromatic carbocycles. The van der Waals surface area contributed by atoms with Crippen molar-refractivity contribution >= 4 is 18.2 Å². The van der Waals surface area contributed by atoms with E-state index in [1.165, 1.54) is 6.92 Å². The van der Waals surface area contributed by atoms with E-state index < -0.39 is 42.2 Å². The van der Waals surface area contributed by atoms with Crippen LogP contribution in [0.25, 0.3) is 0 Å². The minimum Gasteiger partial charge on any atom is -0.435 e. The highest BCUT2D eigenvalue weighted by molar-refractivity contribution is 6.07. The van der Waals surface area contributed by atoms with Gasteiger partial charge >= 0.3 is 19.3 Å². The number of urea groups is 1. The van der Waals surface area contributed by atoms with E-state index >= 15 is 0 Å². The Hall–Kier alpha value is -2.85. The van der Waals surface area contributed by atoms with Crippen molar-refractivity contribution < 1.29 is 36.6 Å². The lowest BCUT2D eigenvalue weighted by Gasteiger charge is -2.17. The van der Waals surface area contributed by atoms with Crippen LogP contribution in [0.4, 0.5) is 22.4 Å². The van der Waals surface area contributed by atoms with Crippen LogP contribution in [-0.4, -0.2) is 41.9 Å². The average molecular weight is 377 g/mol. The molecule has 0 aromatic heterocycles. The van der Waals surface area contributed by atoms with Gasteiger partial charge in [-0.3, -0.25) is 4.79 Å². The highest BCUT2D eigenvalue weighted by Gasteiger charge is 2.46. The fourth-order valence-corrected chi connectivity index (χ4v) is 2.13. The van der Waals surface area contributed by atoms with Crippen molar-refractivity contribution in [2.45, 2.75) is 39.0 Å². The van der Waals surface area contributed by atoms with Gasteiger partial charge in [0.1, 0.15) is 17.0 Å². The fourth-order valence-electron chi connectivity index (χ4n) is 2.13. The van der Waals surface area contributed by atoms with E-state index in [1.807, 2.05) is 0 Å². The molecule has 0 radical (unpaired) electrons. The zero-order valence-corrected chi connectivity index (χ0v) is 13.7. The van der Waals surface area contributed by atoms with E-state index in [4.69, 9.17) is 0 Å². The number of carbonyl (C=O) groups is 2. The number of hydrazone groups is 1. The van der Waals surface area contributed by atoms with Crippen LogP contribution in [0.5, 0.6) is 11.5 Å². The van der Waals surface area contributed by atoms with Crippen molar-refractivity contribution in [1.29, 1.82) is 0 Å². The first-order valence-electron chi connectivity index (χ1n) is 7.40. The number of hydrogen-bond acceptors (Lipinski definition) is 5. The molecule has 1 aliphatic rings. The first-order valence-corrected chi connectivity index (χ1v) is 7.40. The summed E-state index contributed by atoms with van der Waals surface area (Å²) in [6, 6.07) is 2.25. The molecule has 1 aromatic rings. The first-order chi connectivity index (χ1) is 12.2. The van der Waals surface area contributed by atoms with Crippen molar-refractivity contribution in [2.24, 2.45) is 5.10 Å². The molecule has 0 unspecified atom stereocenters. The number of nitrogens with one attached hydrogen (secondary N) is 1. The third kappa shape index (κ3) is 4.21. The second-order valence-electron chi connectivity index (χ2n) is 5.43. The molecule has 0 bridgehead atoms. The van der Waals surface area contributed by atoms with E-state index in [-0.39, 0.29) is 5.56 Å². The maximum atomic E-state index is 12.5. The summed E-state index contributed by atoms with van der Waals surface area (Å²) >= 11 is 0. The SMILES string of the molecule is CC[C@]1(C)NC(=O)N(/N=C\c2ccc(OC(F)F)cc2OC(F)F)C1=O. The molecule has 1 saturated heterocycles. The van der Waals surface area contributed by atoms with Crippen molar-refractivity contribution in [1.82, 2.24) is 10.3 Å². The molecule has 142 valence electrons. The second-order valence-corrected chi connectivity index (χ2v) is 5.43. The Morgan fingerprint density at radius 2 is 1.88 bits per heavy atom. The van der Waals surface area contributed by atoms with Crippen LogP contribution in [-0.2, 0) is 4.79 Å². The molecular weight excluding hydrogens is 362 g/mol. The molecule has 26 heavy (non-hydrogen) atoms. The molecule has 1 aliphatic heterocycles. The van der Waals surface area contributed by atoms with Gasteiger partial charge in [0, 0.05) is 11.6 Å². The molecule has 0 saturated carbocycles. The maximum Gasteiger partial charge on any atom is 0.387 e. The number of alkyl halides is 4. The average Bonchev–Trinajstić information content (AvgIpc) is 2.76. The van der Waals surface area contributed by atoms with Crippen LogP contribution in [0.2, 0.25) is 0 Å². The van der Waals surface area contributed by atoms with Gasteiger partial charge in [-0.05, 0) is 25.5 Å². The van der Waals surface area contributed by atoms with E-state index in [9.17, 15) is 27.2 Å². The van der Waals surface area contributed by atoms with Crippen molar-refractivity contribution in [2.75, 3.05) is 0 Å². The number of imide groups is 1. The Balaban J connectivity index is 2.28. The zero-order chi connectivity index (χ0) is 19.5. The Labute approximate surface area is 145 Å². The van der Waals surface area contributed by atoms with E-state index in [2.05, 4.69) is 19.9 Å². The number of carbonyl (C=O) groups excluding carboxylic acids is 2. The van der Waals surface area contributed by atoms with E-state index in [1.54, 1.807) is 6.92 Å². The minimum absolute atomic E-state index is 0.0717. The Morgan fingerprint density at radius 1 is 1.23 bits per heavy atom. The van der Waals surface area contributed by atoms with Gasteiger partial charge in [0.2, 0.25) is 0 Å². The number of halogens is 4. The van der Waals surface area contributed by atoms with Gasteiger partial charge in [-0.15, -0.1) is 5.01 Å². The summed E-state index contributed by atoms with van der Waals surface area (Å²) in [4.78, 5) is 24.0. The summed E-state index contributed by atoms with van der Waals surface area (Å²) in [7, 11) is 0. The molecule has 0 spiro atoms. The van der Waals surface area contributed by atoms with Crippen LogP contribution < -0.4 is 14.8 Å². The second kappa shape index (κ2) is 7.58. The van der Waals surface area contributed by atoms with E-state index in [0.717, 1.165) is 24.4 Å². The lowest BCUT2D eigenvalue weighted by molar-refractivity contribution is -0.130. The van der Waals surface area contributed by atoms with Gasteiger partial charge in [-0.25, -0.2) is 4.79 Å².